The Kier molecular flexibility index (Phi) is 36.5. The molecule has 0 aromatic rings. The van der Waals surface area contributed by atoms with Crippen LogP contribution in [-0.4, -0.2) is 108 Å². The molecular weight excluding hydrogens is 961 g/mol. The van der Waals surface area contributed by atoms with Gasteiger partial charge in [0, 0.05) is 12.8 Å². The summed E-state index contributed by atoms with van der Waals surface area (Å²) >= 11 is 0. The summed E-state index contributed by atoms with van der Waals surface area (Å²) < 4.78 is 65.5. The monoisotopic (exact) mass is 1050 g/mol. The van der Waals surface area contributed by atoms with Gasteiger partial charge in [0.2, 0.25) is 0 Å². The number of phosphoric acid groups is 3. The molecule has 402 valence electrons. The van der Waals surface area contributed by atoms with Gasteiger partial charge in [-0.15, -0.1) is 0 Å². The van der Waals surface area contributed by atoms with Crippen molar-refractivity contribution in [1.29, 1.82) is 0 Å². The van der Waals surface area contributed by atoms with Gasteiger partial charge in [-0.2, -0.15) is 0 Å². The van der Waals surface area contributed by atoms with E-state index in [9.17, 15) is 63.1 Å². The number of aliphatic hydroxyl groups excluding tert-OH is 3. The van der Waals surface area contributed by atoms with Crippen molar-refractivity contribution < 1.29 is 90.6 Å². The number of hydrogen-bond donors (Lipinski definition) is 8. The van der Waals surface area contributed by atoms with Crippen LogP contribution in [0.15, 0.2) is 48.6 Å². The highest BCUT2D eigenvalue weighted by Crippen LogP contribution is 2.51. The van der Waals surface area contributed by atoms with E-state index in [-0.39, 0.29) is 12.8 Å². The number of phosphoric ester groups is 3. The van der Waals surface area contributed by atoms with Gasteiger partial charge in [-0.3, -0.25) is 27.7 Å². The van der Waals surface area contributed by atoms with Crippen molar-refractivity contribution in [2.75, 3.05) is 13.2 Å². The van der Waals surface area contributed by atoms with E-state index in [1.54, 1.807) is 0 Å². The molecule has 1 fully saturated rings. The molecule has 8 N–H and O–H groups in total. The van der Waals surface area contributed by atoms with Crippen LogP contribution in [0.1, 0.15) is 181 Å². The molecule has 69 heavy (non-hydrogen) atoms. The summed E-state index contributed by atoms with van der Waals surface area (Å²) in [5, 5.41) is 31.9. The van der Waals surface area contributed by atoms with Crippen LogP contribution in [-0.2, 0) is 50.9 Å². The number of aliphatic hydroxyl groups is 3. The summed E-state index contributed by atoms with van der Waals surface area (Å²) in [6.07, 6.45) is 25.6. The molecule has 1 aliphatic carbocycles. The van der Waals surface area contributed by atoms with Crippen molar-refractivity contribution in [2.45, 2.75) is 224 Å². The average molecular weight is 1050 g/mol. The van der Waals surface area contributed by atoms with Crippen LogP contribution < -0.4 is 0 Å². The lowest BCUT2D eigenvalue weighted by Gasteiger charge is -2.44. The second-order valence-corrected chi connectivity index (χ2v) is 21.2. The molecule has 0 aromatic heterocycles. The van der Waals surface area contributed by atoms with E-state index in [1.165, 1.54) is 64.2 Å². The molecule has 0 radical (unpaired) electrons. The first-order valence-electron chi connectivity index (χ1n) is 24.9. The maximum atomic E-state index is 13.1. The Morgan fingerprint density at radius 3 is 1.36 bits per heavy atom. The van der Waals surface area contributed by atoms with Crippen LogP contribution in [0.5, 0.6) is 0 Å². The Hall–Kier alpha value is -1.89. The van der Waals surface area contributed by atoms with Crippen molar-refractivity contribution in [3.05, 3.63) is 48.6 Å². The van der Waals surface area contributed by atoms with Gasteiger partial charge in [0.25, 0.3) is 0 Å². The van der Waals surface area contributed by atoms with E-state index in [0.717, 1.165) is 70.6 Å². The third-order valence-corrected chi connectivity index (χ3v) is 13.1. The van der Waals surface area contributed by atoms with Crippen molar-refractivity contribution in [3.8, 4) is 0 Å². The first kappa shape index (κ1) is 65.1. The van der Waals surface area contributed by atoms with Gasteiger partial charge in [-0.1, -0.05) is 146 Å². The molecule has 1 rings (SSSR count). The predicted molar refractivity (Wildman–Crippen MR) is 261 cm³/mol. The minimum Gasteiger partial charge on any atom is -0.462 e. The van der Waals surface area contributed by atoms with Crippen molar-refractivity contribution in [3.63, 3.8) is 0 Å². The highest BCUT2D eigenvalue weighted by molar-refractivity contribution is 7.47. The normalized spacial score (nSPS) is 21.7. The maximum absolute atomic E-state index is 13.1. The quantitative estimate of drug-likeness (QED) is 0.0122. The summed E-state index contributed by atoms with van der Waals surface area (Å²) in [6.45, 7) is 2.89. The van der Waals surface area contributed by atoms with Crippen molar-refractivity contribution in [2.24, 2.45) is 0 Å². The molecule has 19 nitrogen and oxygen atoms in total. The van der Waals surface area contributed by atoms with Gasteiger partial charge >= 0.3 is 35.4 Å². The molecular formula is C47H85O19P3. The molecule has 22 heteroatoms. The zero-order valence-electron chi connectivity index (χ0n) is 40.9. The van der Waals surface area contributed by atoms with Crippen LogP contribution in [0.25, 0.3) is 0 Å². The Morgan fingerprint density at radius 2 is 0.855 bits per heavy atom. The number of hydrogen-bond acceptors (Lipinski definition) is 14. The fraction of sp³-hybridized carbons (Fsp3) is 0.787. The lowest BCUT2D eigenvalue weighted by molar-refractivity contribution is -0.213. The summed E-state index contributed by atoms with van der Waals surface area (Å²) in [4.78, 5) is 73.2. The zero-order chi connectivity index (χ0) is 51.4. The first-order chi connectivity index (χ1) is 32.8. The average Bonchev–Trinajstić information content (AvgIpc) is 3.28. The molecule has 1 aliphatic rings. The van der Waals surface area contributed by atoms with Crippen molar-refractivity contribution >= 4 is 35.4 Å². The topological polar surface area (TPSA) is 303 Å². The van der Waals surface area contributed by atoms with Gasteiger partial charge in [-0.05, 0) is 70.6 Å². The summed E-state index contributed by atoms with van der Waals surface area (Å²) in [5.74, 6) is -1.36. The number of unbranched alkanes of at least 4 members (excludes halogenated alkanes) is 18. The summed E-state index contributed by atoms with van der Waals surface area (Å²) in [7, 11) is -16.6. The van der Waals surface area contributed by atoms with E-state index < -0.39 is 91.3 Å². The molecule has 8 atom stereocenters. The highest BCUT2D eigenvalue weighted by atomic mass is 31.2. The van der Waals surface area contributed by atoms with E-state index in [1.807, 2.05) is 12.2 Å². The second-order valence-electron chi connectivity index (χ2n) is 17.4. The number of rotatable bonds is 42. The largest absolute Gasteiger partial charge is 0.472 e. The third-order valence-electron chi connectivity index (χ3n) is 11.1. The molecule has 0 saturated heterocycles. The Bertz CT molecular complexity index is 1630. The smallest absolute Gasteiger partial charge is 0.462 e. The lowest BCUT2D eigenvalue weighted by atomic mass is 9.85. The standard InChI is InChI=1S/C47H85O19P3/c1-3-5-7-9-11-13-15-17-19-20-22-23-25-27-29-31-33-35-40(48)61-37-39(63-41(49)36-34-32-30-28-26-24-21-18-16-14-12-10-8-6-4-2)38-62-69(59,60)66-45-42(50)43(51)46(64-67(53,54)55)47(44(45)52)65-68(56,57)58/h14,16-17,19,22-23,27,29,39,42-47,50-52H,3-13,15,18,20-21,24-26,28,30-38H2,1-2H3,(H,59,60)(H2,53,54,55)(H2,56,57,58)/b16-14-,19-17-,23-22-,29-27-/t39-,42?,43?,44?,45+,46?,47+/m1/s1. The molecule has 0 spiro atoms. The maximum Gasteiger partial charge on any atom is 0.472 e. The molecule has 0 aromatic carbocycles. The lowest BCUT2D eigenvalue weighted by Crippen LogP contribution is -2.65. The van der Waals surface area contributed by atoms with Crippen LogP contribution in [0.2, 0.25) is 0 Å². The number of ether oxygens (including phenoxy) is 2. The molecule has 0 amide bonds. The van der Waals surface area contributed by atoms with E-state index in [4.69, 9.17) is 18.5 Å². The Balaban J connectivity index is 2.75. The third kappa shape index (κ3) is 35.0. The van der Waals surface area contributed by atoms with E-state index >= 15 is 0 Å². The highest BCUT2D eigenvalue weighted by Gasteiger charge is 2.56. The SMILES string of the molecule is CCCCCC/C=C\CCCCCCCCCC(=O)O[C@H](COC(=O)CCC/C=C\C/C=C\C/C=C\CCCCCCCC)COP(=O)(O)O[C@H]1C(O)C(O)C(OP(=O)(O)O)[C@@H](OP(=O)(O)O)C1O. The fourth-order valence-electron chi connectivity index (χ4n) is 7.36. The molecule has 0 bridgehead atoms. The number of allylic oxidation sites excluding steroid dienone is 8. The summed E-state index contributed by atoms with van der Waals surface area (Å²) in [6, 6.07) is 0. The first-order valence-corrected chi connectivity index (χ1v) is 29.5. The molecule has 0 aliphatic heterocycles. The van der Waals surface area contributed by atoms with Gasteiger partial charge in [0.1, 0.15) is 43.2 Å². The van der Waals surface area contributed by atoms with Crippen LogP contribution in [0.3, 0.4) is 0 Å². The predicted octanol–water partition coefficient (Wildman–Crippen LogP) is 9.40. The number of carbonyl (C=O) groups is 2. The Labute approximate surface area is 410 Å². The van der Waals surface area contributed by atoms with Gasteiger partial charge in [0.15, 0.2) is 6.10 Å². The van der Waals surface area contributed by atoms with Crippen LogP contribution in [0, 0.1) is 0 Å². The van der Waals surface area contributed by atoms with E-state index in [0.29, 0.717) is 19.3 Å². The molecule has 5 unspecified atom stereocenters. The van der Waals surface area contributed by atoms with Crippen LogP contribution >= 0.6 is 23.5 Å². The zero-order valence-corrected chi connectivity index (χ0v) is 43.6. The van der Waals surface area contributed by atoms with Gasteiger partial charge in [0.05, 0.1) is 6.61 Å². The molecule has 0 heterocycles. The second kappa shape index (κ2) is 38.7. The van der Waals surface area contributed by atoms with Crippen LogP contribution in [0.4, 0.5) is 0 Å². The fourth-order valence-corrected chi connectivity index (χ4v) is 9.45. The molecule has 1 saturated carbocycles. The number of esters is 2. The van der Waals surface area contributed by atoms with E-state index in [2.05, 4.69) is 59.4 Å². The number of carbonyl (C=O) groups excluding carboxylic acids is 2. The van der Waals surface area contributed by atoms with Gasteiger partial charge in [-0.25, -0.2) is 13.7 Å². The Morgan fingerprint density at radius 1 is 0.464 bits per heavy atom. The van der Waals surface area contributed by atoms with Gasteiger partial charge < -0.3 is 49.3 Å². The summed E-state index contributed by atoms with van der Waals surface area (Å²) in [5.41, 5.74) is 0. The minimum atomic E-state index is -5.61. The van der Waals surface area contributed by atoms with Crippen molar-refractivity contribution in [1.82, 2.24) is 0 Å². The minimum absolute atomic E-state index is 0.00683.